The Morgan fingerprint density at radius 1 is 1.23 bits per heavy atom. The van der Waals surface area contributed by atoms with Crippen LogP contribution < -0.4 is 0 Å². The van der Waals surface area contributed by atoms with Gasteiger partial charge in [-0.05, 0) is 34.1 Å². The van der Waals surface area contributed by atoms with E-state index in [0.717, 1.165) is 19.8 Å². The Hall–Kier alpha value is -0.120. The van der Waals surface area contributed by atoms with Crippen molar-refractivity contribution in [2.75, 3.05) is 0 Å². The summed E-state index contributed by atoms with van der Waals surface area (Å²) < 4.78 is 1.82. The molecule has 0 bridgehead atoms. The zero-order chi connectivity index (χ0) is 9.42. The van der Waals surface area contributed by atoms with Crippen LogP contribution in [0.1, 0.15) is 0 Å². The maximum absolute atomic E-state index is 6.09. The molecule has 0 spiro atoms. The van der Waals surface area contributed by atoms with Crippen molar-refractivity contribution in [1.82, 2.24) is 4.98 Å². The Balaban J connectivity index is 2.89. The van der Waals surface area contributed by atoms with Crippen molar-refractivity contribution in [3.63, 3.8) is 0 Å². The topological polar surface area (TPSA) is 12.9 Å². The highest BCUT2D eigenvalue weighted by Gasteiger charge is 2.04. The van der Waals surface area contributed by atoms with E-state index >= 15 is 0 Å². The lowest BCUT2D eigenvalue weighted by Gasteiger charge is -2.01. The molecular formula is C9H4Br2ClN. The van der Waals surface area contributed by atoms with Crippen molar-refractivity contribution in [3.05, 3.63) is 38.4 Å². The summed E-state index contributed by atoms with van der Waals surface area (Å²) in [4.78, 5) is 4.23. The zero-order valence-electron chi connectivity index (χ0n) is 6.39. The standard InChI is InChI=1S/C9H4Br2ClN/c10-5-1-2-8-6(3-5)9(12)7(11)4-13-8/h1-4H. The van der Waals surface area contributed by atoms with Crippen LogP contribution in [-0.4, -0.2) is 4.98 Å². The lowest BCUT2D eigenvalue weighted by atomic mass is 10.2. The van der Waals surface area contributed by atoms with Crippen molar-refractivity contribution in [3.8, 4) is 0 Å². The van der Waals surface area contributed by atoms with Gasteiger partial charge in [0.15, 0.2) is 0 Å². The minimum absolute atomic E-state index is 0.700. The maximum atomic E-state index is 6.09. The van der Waals surface area contributed by atoms with Gasteiger partial charge in [-0.2, -0.15) is 0 Å². The first-order valence-electron chi connectivity index (χ1n) is 3.58. The van der Waals surface area contributed by atoms with Crippen molar-refractivity contribution in [2.24, 2.45) is 0 Å². The third-order valence-electron chi connectivity index (χ3n) is 1.72. The molecule has 2 aromatic rings. The Labute approximate surface area is 97.4 Å². The highest BCUT2D eigenvalue weighted by molar-refractivity contribution is 9.10. The van der Waals surface area contributed by atoms with Gasteiger partial charge >= 0.3 is 0 Å². The summed E-state index contributed by atoms with van der Waals surface area (Å²) in [6.45, 7) is 0. The molecule has 0 fully saturated rings. The van der Waals surface area contributed by atoms with Crippen LogP contribution in [0.5, 0.6) is 0 Å². The van der Waals surface area contributed by atoms with E-state index < -0.39 is 0 Å². The van der Waals surface area contributed by atoms with Crippen LogP contribution in [0.3, 0.4) is 0 Å². The highest BCUT2D eigenvalue weighted by atomic mass is 79.9. The number of pyridine rings is 1. The average Bonchev–Trinajstić information content (AvgIpc) is 2.12. The molecule has 0 saturated carbocycles. The molecule has 2 rings (SSSR count). The molecule has 4 heteroatoms. The molecule has 0 atom stereocenters. The predicted molar refractivity (Wildman–Crippen MR) is 62.2 cm³/mol. The molecule has 0 radical (unpaired) electrons. The number of nitrogens with zero attached hydrogens (tertiary/aromatic N) is 1. The SMILES string of the molecule is Clc1c(Br)cnc2ccc(Br)cc12. The molecule has 0 N–H and O–H groups in total. The summed E-state index contributed by atoms with van der Waals surface area (Å²) >= 11 is 12.8. The van der Waals surface area contributed by atoms with Gasteiger partial charge in [-0.15, -0.1) is 0 Å². The first-order chi connectivity index (χ1) is 6.18. The molecule has 1 aromatic heterocycles. The molecular weight excluding hydrogens is 317 g/mol. The van der Waals surface area contributed by atoms with Gasteiger partial charge in [-0.3, -0.25) is 4.98 Å². The highest BCUT2D eigenvalue weighted by Crippen LogP contribution is 2.30. The van der Waals surface area contributed by atoms with Crippen LogP contribution >= 0.6 is 43.5 Å². The van der Waals surface area contributed by atoms with Crippen LogP contribution in [0.15, 0.2) is 33.3 Å². The first-order valence-corrected chi connectivity index (χ1v) is 5.54. The number of hydrogen-bond acceptors (Lipinski definition) is 1. The number of halogens is 3. The molecule has 1 nitrogen and oxygen atoms in total. The van der Waals surface area contributed by atoms with Crippen molar-refractivity contribution in [2.45, 2.75) is 0 Å². The molecule has 0 saturated heterocycles. The zero-order valence-corrected chi connectivity index (χ0v) is 10.3. The number of aromatic nitrogens is 1. The second-order valence-electron chi connectivity index (χ2n) is 2.58. The second-order valence-corrected chi connectivity index (χ2v) is 4.73. The van der Waals surface area contributed by atoms with Gasteiger partial charge in [0.1, 0.15) is 0 Å². The molecule has 0 aliphatic rings. The number of fused-ring (bicyclic) bond motifs is 1. The van der Waals surface area contributed by atoms with Crippen LogP contribution in [0, 0.1) is 0 Å². The van der Waals surface area contributed by atoms with E-state index in [1.54, 1.807) is 6.20 Å². The molecule has 66 valence electrons. The third kappa shape index (κ3) is 1.73. The second kappa shape index (κ2) is 3.56. The fourth-order valence-electron chi connectivity index (χ4n) is 1.11. The van der Waals surface area contributed by atoms with Gasteiger partial charge in [0.2, 0.25) is 0 Å². The molecule has 1 aromatic carbocycles. The molecule has 0 aliphatic carbocycles. The maximum Gasteiger partial charge on any atom is 0.0718 e. The predicted octanol–water partition coefficient (Wildman–Crippen LogP) is 4.41. The van der Waals surface area contributed by atoms with Crippen LogP contribution in [0.4, 0.5) is 0 Å². The van der Waals surface area contributed by atoms with E-state index in [4.69, 9.17) is 11.6 Å². The number of rotatable bonds is 0. The molecule has 0 amide bonds. The van der Waals surface area contributed by atoms with E-state index in [1.807, 2.05) is 18.2 Å². The van der Waals surface area contributed by atoms with Crippen molar-refractivity contribution in [1.29, 1.82) is 0 Å². The van der Waals surface area contributed by atoms with Crippen LogP contribution in [0.2, 0.25) is 5.02 Å². The Morgan fingerprint density at radius 3 is 2.77 bits per heavy atom. The fraction of sp³-hybridized carbons (Fsp3) is 0. The van der Waals surface area contributed by atoms with E-state index in [1.165, 1.54) is 0 Å². The van der Waals surface area contributed by atoms with Gasteiger partial charge in [0.05, 0.1) is 15.0 Å². The van der Waals surface area contributed by atoms with Crippen molar-refractivity contribution < 1.29 is 0 Å². The molecule has 13 heavy (non-hydrogen) atoms. The largest absolute Gasteiger partial charge is 0.255 e. The minimum atomic E-state index is 0.700. The Kier molecular flexibility index (Phi) is 2.58. The minimum Gasteiger partial charge on any atom is -0.255 e. The quantitative estimate of drug-likeness (QED) is 0.700. The van der Waals surface area contributed by atoms with Gasteiger partial charge < -0.3 is 0 Å². The van der Waals surface area contributed by atoms with Gasteiger partial charge in [0.25, 0.3) is 0 Å². The van der Waals surface area contributed by atoms with Gasteiger partial charge in [-0.25, -0.2) is 0 Å². The smallest absolute Gasteiger partial charge is 0.0718 e. The van der Waals surface area contributed by atoms with Crippen LogP contribution in [-0.2, 0) is 0 Å². The lowest BCUT2D eigenvalue weighted by Crippen LogP contribution is -1.80. The Morgan fingerprint density at radius 2 is 2.00 bits per heavy atom. The summed E-state index contributed by atoms with van der Waals surface area (Å²) in [6, 6.07) is 5.83. The van der Waals surface area contributed by atoms with E-state index in [2.05, 4.69) is 36.8 Å². The monoisotopic (exact) mass is 319 g/mol. The Bertz CT molecular complexity index is 465. The summed E-state index contributed by atoms with van der Waals surface area (Å²) in [5.41, 5.74) is 0.899. The van der Waals surface area contributed by atoms with E-state index in [-0.39, 0.29) is 0 Å². The molecule has 1 heterocycles. The van der Waals surface area contributed by atoms with E-state index in [9.17, 15) is 0 Å². The summed E-state index contributed by atoms with van der Waals surface area (Å²) in [7, 11) is 0. The van der Waals surface area contributed by atoms with Crippen molar-refractivity contribution >= 4 is 54.4 Å². The average molecular weight is 321 g/mol. The third-order valence-corrected chi connectivity index (χ3v) is 3.45. The number of benzene rings is 1. The summed E-state index contributed by atoms with van der Waals surface area (Å²) in [5.74, 6) is 0. The number of hydrogen-bond donors (Lipinski definition) is 0. The van der Waals surface area contributed by atoms with Gasteiger partial charge in [-0.1, -0.05) is 27.5 Å². The van der Waals surface area contributed by atoms with Crippen LogP contribution in [0.25, 0.3) is 10.9 Å². The molecule has 0 aliphatic heterocycles. The molecule has 0 unspecified atom stereocenters. The normalized spacial score (nSPS) is 10.7. The summed E-state index contributed by atoms with van der Waals surface area (Å²) in [5, 5.41) is 1.65. The lowest BCUT2D eigenvalue weighted by molar-refractivity contribution is 1.39. The summed E-state index contributed by atoms with van der Waals surface area (Å²) in [6.07, 6.45) is 1.71. The fourth-order valence-corrected chi connectivity index (χ4v) is 1.99. The van der Waals surface area contributed by atoms with E-state index in [0.29, 0.717) is 5.02 Å². The van der Waals surface area contributed by atoms with Gasteiger partial charge in [0, 0.05) is 16.1 Å². The first kappa shape index (κ1) is 9.44.